The van der Waals surface area contributed by atoms with Gasteiger partial charge in [-0.25, -0.2) is 4.98 Å². The first-order valence-electron chi connectivity index (χ1n) is 3.81. The smallest absolute Gasteiger partial charge is 0.271 e. The van der Waals surface area contributed by atoms with E-state index in [0.717, 1.165) is 0 Å². The van der Waals surface area contributed by atoms with Crippen molar-refractivity contribution in [2.45, 2.75) is 0 Å². The van der Waals surface area contributed by atoms with Crippen LogP contribution in [-0.2, 0) is 0 Å². The summed E-state index contributed by atoms with van der Waals surface area (Å²) in [5.41, 5.74) is 1.11. The molecule has 2 aromatic heterocycles. The van der Waals surface area contributed by atoms with Gasteiger partial charge < -0.3 is 9.72 Å². The molecule has 1 amide bonds. The van der Waals surface area contributed by atoms with E-state index in [-0.39, 0.29) is 5.91 Å². The molecule has 0 saturated carbocycles. The molecular weight excluding hydrogens is 168 g/mol. The summed E-state index contributed by atoms with van der Waals surface area (Å²) in [6.07, 6.45) is 6.58. The minimum atomic E-state index is -0.199. The predicted octanol–water partition coefficient (Wildman–Crippen LogP) is 0.0889. The third kappa shape index (κ3) is 1.14. The van der Waals surface area contributed by atoms with Crippen LogP contribution in [0, 0.1) is 0 Å². The lowest BCUT2D eigenvalue weighted by Crippen LogP contribution is -2.18. The van der Waals surface area contributed by atoms with E-state index >= 15 is 0 Å². The quantitative estimate of drug-likeness (QED) is 0.669. The molecule has 1 N–H and O–H groups in total. The zero-order chi connectivity index (χ0) is 9.26. The third-order valence-electron chi connectivity index (χ3n) is 1.78. The van der Waals surface area contributed by atoms with Crippen LogP contribution in [-0.4, -0.2) is 27.3 Å². The van der Waals surface area contributed by atoms with Gasteiger partial charge >= 0.3 is 0 Å². The molecule has 2 rings (SSSR count). The van der Waals surface area contributed by atoms with E-state index < -0.39 is 0 Å². The maximum absolute atomic E-state index is 11.3. The molecule has 66 valence electrons. The Balaban J connectivity index is 2.64. The Morgan fingerprint density at radius 1 is 1.62 bits per heavy atom. The van der Waals surface area contributed by atoms with Crippen LogP contribution in [0.4, 0.5) is 0 Å². The van der Waals surface area contributed by atoms with Gasteiger partial charge in [0.15, 0.2) is 5.69 Å². The summed E-state index contributed by atoms with van der Waals surface area (Å²) in [7, 11) is 1.57. The average molecular weight is 176 g/mol. The average Bonchev–Trinajstić information content (AvgIpc) is 2.60. The number of aromatic nitrogens is 3. The van der Waals surface area contributed by atoms with Crippen molar-refractivity contribution in [2.75, 3.05) is 7.05 Å². The van der Waals surface area contributed by atoms with Crippen molar-refractivity contribution in [1.82, 2.24) is 19.7 Å². The topological polar surface area (TPSA) is 59.3 Å². The summed E-state index contributed by atoms with van der Waals surface area (Å²) in [5.74, 6) is -0.199. The van der Waals surface area contributed by atoms with Gasteiger partial charge in [0.2, 0.25) is 0 Å². The van der Waals surface area contributed by atoms with Crippen molar-refractivity contribution < 1.29 is 4.79 Å². The van der Waals surface area contributed by atoms with Gasteiger partial charge in [0.1, 0.15) is 6.33 Å². The van der Waals surface area contributed by atoms with Crippen molar-refractivity contribution >= 4 is 11.4 Å². The van der Waals surface area contributed by atoms with E-state index in [1.807, 2.05) is 0 Å². The van der Waals surface area contributed by atoms with Crippen LogP contribution in [0.1, 0.15) is 10.5 Å². The number of carbonyl (C=O) groups excluding carboxylic acids is 1. The van der Waals surface area contributed by atoms with Crippen molar-refractivity contribution in [3.05, 3.63) is 30.6 Å². The van der Waals surface area contributed by atoms with E-state index in [1.54, 1.807) is 36.4 Å². The van der Waals surface area contributed by atoms with Crippen LogP contribution < -0.4 is 5.32 Å². The van der Waals surface area contributed by atoms with E-state index in [9.17, 15) is 4.79 Å². The van der Waals surface area contributed by atoms with E-state index in [0.29, 0.717) is 11.2 Å². The van der Waals surface area contributed by atoms with E-state index in [2.05, 4.69) is 15.3 Å². The number of carbonyl (C=O) groups is 1. The molecule has 0 atom stereocenters. The minimum absolute atomic E-state index is 0.199. The van der Waals surface area contributed by atoms with Crippen molar-refractivity contribution in [3.63, 3.8) is 0 Å². The fourth-order valence-corrected chi connectivity index (χ4v) is 1.13. The molecule has 0 radical (unpaired) electrons. The standard InChI is InChI=1S/C8H8N4O/c1-9-8(13)7-6-4-10-2-3-12(6)5-11-7/h2-5H,1H3,(H,9,13). The molecule has 5 nitrogen and oxygen atoms in total. The van der Waals surface area contributed by atoms with Gasteiger partial charge in [0.25, 0.3) is 5.91 Å². The predicted molar refractivity (Wildman–Crippen MR) is 46.4 cm³/mol. The van der Waals surface area contributed by atoms with Crippen LogP contribution in [0.15, 0.2) is 24.9 Å². The molecule has 13 heavy (non-hydrogen) atoms. The monoisotopic (exact) mass is 176 g/mol. The van der Waals surface area contributed by atoms with E-state index in [1.165, 1.54) is 0 Å². The van der Waals surface area contributed by atoms with Crippen molar-refractivity contribution in [3.8, 4) is 0 Å². The molecule has 0 bridgehead atoms. The molecule has 0 saturated heterocycles. The van der Waals surface area contributed by atoms with Gasteiger partial charge in [0, 0.05) is 19.4 Å². The fraction of sp³-hybridized carbons (Fsp3) is 0.125. The maximum atomic E-state index is 11.3. The molecule has 2 aromatic rings. The number of imidazole rings is 1. The molecule has 2 heterocycles. The molecular formula is C8H8N4O. The molecule has 5 heteroatoms. The number of hydrogen-bond acceptors (Lipinski definition) is 3. The highest BCUT2D eigenvalue weighted by molar-refractivity contribution is 5.98. The second-order valence-electron chi connectivity index (χ2n) is 2.54. The van der Waals surface area contributed by atoms with Crippen LogP contribution in [0.2, 0.25) is 0 Å². The number of fused-ring (bicyclic) bond motifs is 1. The highest BCUT2D eigenvalue weighted by Crippen LogP contribution is 2.06. The molecule has 0 aliphatic rings. The number of nitrogens with one attached hydrogen (secondary N) is 1. The Bertz CT molecular complexity index is 448. The summed E-state index contributed by atoms with van der Waals surface area (Å²) in [4.78, 5) is 19.2. The second kappa shape index (κ2) is 2.85. The Kier molecular flexibility index (Phi) is 1.70. The first kappa shape index (κ1) is 7.72. The van der Waals surface area contributed by atoms with Gasteiger partial charge in [0.05, 0.1) is 11.7 Å². The summed E-state index contributed by atoms with van der Waals surface area (Å²) in [6, 6.07) is 0. The maximum Gasteiger partial charge on any atom is 0.271 e. The first-order valence-corrected chi connectivity index (χ1v) is 3.81. The zero-order valence-corrected chi connectivity index (χ0v) is 7.06. The van der Waals surface area contributed by atoms with Crippen LogP contribution in [0.25, 0.3) is 5.52 Å². The Hall–Kier alpha value is -1.91. The Labute approximate surface area is 74.4 Å². The number of nitrogens with zero attached hydrogens (tertiary/aromatic N) is 3. The summed E-state index contributed by atoms with van der Waals surface area (Å²) in [6.45, 7) is 0. The number of amides is 1. The minimum Gasteiger partial charge on any atom is -0.354 e. The Morgan fingerprint density at radius 2 is 2.46 bits per heavy atom. The number of rotatable bonds is 1. The lowest BCUT2D eigenvalue weighted by atomic mass is 10.3. The van der Waals surface area contributed by atoms with Crippen molar-refractivity contribution in [2.24, 2.45) is 0 Å². The highest BCUT2D eigenvalue weighted by atomic mass is 16.1. The van der Waals surface area contributed by atoms with Crippen molar-refractivity contribution in [1.29, 1.82) is 0 Å². The zero-order valence-electron chi connectivity index (χ0n) is 7.06. The second-order valence-corrected chi connectivity index (χ2v) is 2.54. The lowest BCUT2D eigenvalue weighted by molar-refractivity contribution is 0.0960. The molecule has 0 spiro atoms. The lowest BCUT2D eigenvalue weighted by Gasteiger charge is -1.95. The normalized spacial score (nSPS) is 10.2. The summed E-state index contributed by atoms with van der Waals surface area (Å²) < 4.78 is 1.75. The molecule has 0 aliphatic carbocycles. The van der Waals surface area contributed by atoms with Crippen LogP contribution in [0.3, 0.4) is 0 Å². The number of hydrogen-bond donors (Lipinski definition) is 1. The summed E-state index contributed by atoms with van der Waals surface area (Å²) >= 11 is 0. The van der Waals surface area contributed by atoms with E-state index in [4.69, 9.17) is 0 Å². The Morgan fingerprint density at radius 3 is 3.23 bits per heavy atom. The van der Waals surface area contributed by atoms with Gasteiger partial charge in [-0.2, -0.15) is 0 Å². The van der Waals surface area contributed by atoms with Crippen LogP contribution in [0.5, 0.6) is 0 Å². The molecule has 0 unspecified atom stereocenters. The van der Waals surface area contributed by atoms with Gasteiger partial charge in [-0.15, -0.1) is 0 Å². The highest BCUT2D eigenvalue weighted by Gasteiger charge is 2.10. The molecule has 0 aliphatic heterocycles. The molecule has 0 aromatic carbocycles. The fourth-order valence-electron chi connectivity index (χ4n) is 1.13. The van der Waals surface area contributed by atoms with Crippen LogP contribution >= 0.6 is 0 Å². The first-order chi connectivity index (χ1) is 6.33. The third-order valence-corrected chi connectivity index (χ3v) is 1.78. The SMILES string of the molecule is CNC(=O)c1ncn2ccncc12. The van der Waals surface area contributed by atoms with Gasteiger partial charge in [-0.1, -0.05) is 0 Å². The largest absolute Gasteiger partial charge is 0.354 e. The summed E-state index contributed by atoms with van der Waals surface area (Å²) in [5, 5.41) is 2.52. The van der Waals surface area contributed by atoms with Gasteiger partial charge in [-0.05, 0) is 0 Å². The van der Waals surface area contributed by atoms with Gasteiger partial charge in [-0.3, -0.25) is 9.78 Å². The molecule has 0 fully saturated rings.